The molecule has 17 nitrogen and oxygen atoms in total. The molecule has 0 radical (unpaired) electrons. The quantitative estimate of drug-likeness (QED) is 0.0832. The van der Waals surface area contributed by atoms with Crippen LogP contribution in [0.3, 0.4) is 0 Å². The summed E-state index contributed by atoms with van der Waals surface area (Å²) in [5, 5.41) is 62.4. The van der Waals surface area contributed by atoms with Crippen LogP contribution in [0.15, 0.2) is 24.3 Å². The highest BCUT2D eigenvalue weighted by molar-refractivity contribution is 5.96. The number of carbonyl (C=O) groups is 6. The highest BCUT2D eigenvalue weighted by Gasteiger charge is 2.34. The predicted molar refractivity (Wildman–Crippen MR) is 152 cm³/mol. The summed E-state index contributed by atoms with van der Waals surface area (Å²) in [6, 6.07) is -2.19. The van der Waals surface area contributed by atoms with Crippen LogP contribution in [-0.4, -0.2) is 123 Å². The molecule has 0 bridgehead atoms. The molecule has 1 saturated heterocycles. The van der Waals surface area contributed by atoms with E-state index in [1.807, 2.05) is 0 Å². The zero-order valence-electron chi connectivity index (χ0n) is 24.3. The summed E-state index contributed by atoms with van der Waals surface area (Å²) in [6.45, 7) is 1.01. The molecule has 0 aliphatic carbocycles. The summed E-state index contributed by atoms with van der Waals surface area (Å²) in [7, 11) is 0. The molecule has 17 heteroatoms. The molecule has 7 atom stereocenters. The largest absolute Gasteiger partial charge is 0.508 e. The van der Waals surface area contributed by atoms with Crippen molar-refractivity contribution in [3.05, 3.63) is 29.8 Å². The second-order valence-electron chi connectivity index (χ2n) is 10.4. The number of aliphatic carboxylic acids is 1. The molecule has 1 fully saturated rings. The first-order chi connectivity index (χ1) is 20.8. The molecule has 0 aromatic heterocycles. The van der Waals surface area contributed by atoms with Crippen LogP contribution in [0.5, 0.6) is 5.75 Å². The molecule has 1 aromatic rings. The number of hydrogen-bond donors (Lipinski definition) is 11. The molecule has 0 saturated carbocycles. The lowest BCUT2D eigenvalue weighted by Crippen LogP contribution is -2.62. The number of hydrogen-bond acceptors (Lipinski definition) is 11. The van der Waals surface area contributed by atoms with Crippen molar-refractivity contribution in [3.63, 3.8) is 0 Å². The number of phenolic OH excluding ortho intramolecular Hbond substituents is 1. The molecule has 11 N–H and O–H groups in total. The monoisotopic (exact) mass is 624 g/mol. The first kappa shape index (κ1) is 35.9. The number of benzene rings is 1. The van der Waals surface area contributed by atoms with Crippen molar-refractivity contribution in [2.75, 3.05) is 19.8 Å². The highest BCUT2D eigenvalue weighted by Crippen LogP contribution is 2.12. The Morgan fingerprint density at radius 3 is 1.84 bits per heavy atom. The molecule has 0 spiro atoms. The van der Waals surface area contributed by atoms with Gasteiger partial charge in [0, 0.05) is 6.42 Å². The van der Waals surface area contributed by atoms with Crippen molar-refractivity contribution in [3.8, 4) is 5.75 Å². The van der Waals surface area contributed by atoms with Gasteiger partial charge in [0.25, 0.3) is 0 Å². The minimum absolute atomic E-state index is 0.0105. The summed E-state index contributed by atoms with van der Waals surface area (Å²) < 4.78 is 0. The van der Waals surface area contributed by atoms with Gasteiger partial charge in [-0.3, -0.25) is 28.8 Å². The molecule has 1 aromatic carbocycles. The molecule has 244 valence electrons. The molecule has 1 aliphatic heterocycles. The number of aliphatic hydroxyl groups is 3. The van der Waals surface area contributed by atoms with E-state index in [9.17, 15) is 49.2 Å². The van der Waals surface area contributed by atoms with Crippen LogP contribution in [0.25, 0.3) is 0 Å². The number of aliphatic hydroxyl groups excluding tert-OH is 3. The Morgan fingerprint density at radius 1 is 0.818 bits per heavy atom. The summed E-state index contributed by atoms with van der Waals surface area (Å²) in [6.07, 6.45) is -0.208. The normalized spacial score (nSPS) is 18.4. The van der Waals surface area contributed by atoms with Gasteiger partial charge >= 0.3 is 5.97 Å². The molecular formula is C27H40N6O11. The number of aromatic hydroxyl groups is 1. The zero-order valence-corrected chi connectivity index (χ0v) is 24.3. The average molecular weight is 625 g/mol. The van der Waals surface area contributed by atoms with Crippen LogP contribution < -0.4 is 31.9 Å². The Bertz CT molecular complexity index is 1170. The van der Waals surface area contributed by atoms with Crippen molar-refractivity contribution in [1.82, 2.24) is 31.9 Å². The van der Waals surface area contributed by atoms with Crippen LogP contribution >= 0.6 is 0 Å². The summed E-state index contributed by atoms with van der Waals surface area (Å²) in [4.78, 5) is 75.1. The summed E-state index contributed by atoms with van der Waals surface area (Å²) >= 11 is 0. The van der Waals surface area contributed by atoms with Crippen LogP contribution in [0.4, 0.5) is 0 Å². The number of nitrogens with one attached hydrogen (secondary N) is 6. The lowest BCUT2D eigenvalue weighted by atomic mass is 10.0. The second-order valence-corrected chi connectivity index (χ2v) is 10.4. The molecule has 44 heavy (non-hydrogen) atoms. The SMILES string of the molecule is C[C@H](NC(=O)[C@@H](NC(=O)[C@H](CO)NC(=O)[C@H](CO)NC(=O)[C@H](Cc1ccc(O)cc1)NC(=O)[C@@H]1CCCN1)[C@@H](C)O)C(=O)O. The zero-order chi connectivity index (χ0) is 33.0. The average Bonchev–Trinajstić information content (AvgIpc) is 3.52. The van der Waals surface area contributed by atoms with Crippen molar-refractivity contribution in [2.45, 2.75) is 75.5 Å². The van der Waals surface area contributed by atoms with Gasteiger partial charge in [-0.25, -0.2) is 0 Å². The summed E-state index contributed by atoms with van der Waals surface area (Å²) in [5.41, 5.74) is 0.569. The number of carboxylic acids is 1. The maximum absolute atomic E-state index is 13.2. The fraction of sp³-hybridized carbons (Fsp3) is 0.556. The molecule has 5 amide bonds. The molecule has 2 rings (SSSR count). The van der Waals surface area contributed by atoms with E-state index in [1.54, 1.807) is 12.1 Å². The first-order valence-corrected chi connectivity index (χ1v) is 13.9. The van der Waals surface area contributed by atoms with Gasteiger partial charge in [0.05, 0.1) is 25.4 Å². The third-order valence-electron chi connectivity index (χ3n) is 6.81. The molecule has 0 unspecified atom stereocenters. The number of rotatable bonds is 16. The number of carbonyl (C=O) groups excluding carboxylic acids is 5. The van der Waals surface area contributed by atoms with Gasteiger partial charge in [-0.1, -0.05) is 12.1 Å². The second kappa shape index (κ2) is 17.1. The van der Waals surface area contributed by atoms with Gasteiger partial charge in [-0.05, 0) is 50.9 Å². The highest BCUT2D eigenvalue weighted by atomic mass is 16.4. The fourth-order valence-electron chi connectivity index (χ4n) is 4.21. The lowest BCUT2D eigenvalue weighted by Gasteiger charge is -2.26. The topological polar surface area (TPSA) is 276 Å². The number of phenols is 1. The smallest absolute Gasteiger partial charge is 0.325 e. The summed E-state index contributed by atoms with van der Waals surface area (Å²) in [5.74, 6) is -5.94. The lowest BCUT2D eigenvalue weighted by molar-refractivity contribution is -0.142. The molecule has 1 aliphatic rings. The van der Waals surface area contributed by atoms with Crippen molar-refractivity contribution in [2.24, 2.45) is 0 Å². The number of carboxylic acid groups (broad SMARTS) is 1. The first-order valence-electron chi connectivity index (χ1n) is 13.9. The standard InChI is InChI=1S/C27H40N6O11/c1-13(27(43)44)29-26(42)21(14(2)36)33-25(41)20(12-35)32-24(40)19(11-34)31-23(39)18(10-15-5-7-16(37)8-6-15)30-22(38)17-4-3-9-28-17/h5-8,13-14,17-21,28,34-37H,3-4,9-12H2,1-2H3,(H,29,42)(H,30,38)(H,31,39)(H,32,40)(H,33,41)(H,43,44)/t13-,14+,17-,18-,19-,20-,21-/m0/s1. The fourth-order valence-corrected chi connectivity index (χ4v) is 4.21. The van der Waals surface area contributed by atoms with E-state index in [1.165, 1.54) is 12.1 Å². The minimum atomic E-state index is -1.71. The maximum Gasteiger partial charge on any atom is 0.325 e. The number of amides is 5. The van der Waals surface area contributed by atoms with E-state index in [2.05, 4.69) is 31.9 Å². The van der Waals surface area contributed by atoms with E-state index < -0.39 is 91.1 Å². The van der Waals surface area contributed by atoms with Crippen molar-refractivity contribution in [1.29, 1.82) is 0 Å². The van der Waals surface area contributed by atoms with Gasteiger partial charge in [0.15, 0.2) is 0 Å². The van der Waals surface area contributed by atoms with E-state index in [4.69, 9.17) is 5.11 Å². The van der Waals surface area contributed by atoms with E-state index in [0.717, 1.165) is 20.3 Å². The Morgan fingerprint density at radius 2 is 1.36 bits per heavy atom. The molecular weight excluding hydrogens is 584 g/mol. The van der Waals surface area contributed by atoms with Crippen molar-refractivity contribution < 1.29 is 54.3 Å². The van der Waals surface area contributed by atoms with Gasteiger partial charge in [0.2, 0.25) is 29.5 Å². The van der Waals surface area contributed by atoms with Gasteiger partial charge in [-0.15, -0.1) is 0 Å². The third kappa shape index (κ3) is 10.7. The Hall–Kier alpha value is -4.32. The van der Waals surface area contributed by atoms with Crippen LogP contribution in [0, 0.1) is 0 Å². The van der Waals surface area contributed by atoms with E-state index >= 15 is 0 Å². The Balaban J connectivity index is 2.11. The molecule has 1 heterocycles. The predicted octanol–water partition coefficient (Wildman–Crippen LogP) is -4.42. The van der Waals surface area contributed by atoms with Crippen LogP contribution in [0.2, 0.25) is 0 Å². The third-order valence-corrected chi connectivity index (χ3v) is 6.81. The van der Waals surface area contributed by atoms with Gasteiger partial charge < -0.3 is 57.4 Å². The van der Waals surface area contributed by atoms with Crippen LogP contribution in [0.1, 0.15) is 32.3 Å². The minimum Gasteiger partial charge on any atom is -0.508 e. The van der Waals surface area contributed by atoms with Crippen molar-refractivity contribution >= 4 is 35.5 Å². The maximum atomic E-state index is 13.2. The van der Waals surface area contributed by atoms with E-state index in [-0.39, 0.29) is 12.2 Å². The van der Waals surface area contributed by atoms with Gasteiger partial charge in [-0.2, -0.15) is 0 Å². The van der Waals surface area contributed by atoms with E-state index in [0.29, 0.717) is 18.5 Å². The Kier molecular flexibility index (Phi) is 13.9. The van der Waals surface area contributed by atoms with Crippen LogP contribution in [-0.2, 0) is 35.2 Å². The van der Waals surface area contributed by atoms with Gasteiger partial charge in [0.1, 0.15) is 36.0 Å². The Labute approximate surface area is 252 Å².